The van der Waals surface area contributed by atoms with Crippen LogP contribution in [0.25, 0.3) is 0 Å². The average molecular weight is 207 g/mol. The Morgan fingerprint density at radius 2 is 1.85 bits per heavy atom. The van der Waals surface area contributed by atoms with Crippen molar-refractivity contribution < 1.29 is 4.74 Å². The van der Waals surface area contributed by atoms with Gasteiger partial charge >= 0.3 is 0 Å². The molecule has 0 rings (SSSR count). The summed E-state index contributed by atoms with van der Waals surface area (Å²) in [5.74, 6) is 0.748. The van der Waals surface area contributed by atoms with Crippen LogP contribution >= 0.6 is 11.6 Å². The minimum Gasteiger partial charge on any atom is -0.385 e. The second-order valence-electron chi connectivity index (χ2n) is 3.85. The van der Waals surface area contributed by atoms with Gasteiger partial charge in [-0.2, -0.15) is 0 Å². The molecule has 0 aliphatic rings. The fraction of sp³-hybridized carbons (Fsp3) is 1.00. The number of ether oxygens (including phenoxy) is 1. The molecule has 0 aliphatic carbocycles. The van der Waals surface area contributed by atoms with Crippen molar-refractivity contribution in [1.29, 1.82) is 0 Å². The summed E-state index contributed by atoms with van der Waals surface area (Å²) < 4.78 is 5.03. The highest BCUT2D eigenvalue weighted by molar-refractivity contribution is 6.20. The largest absolute Gasteiger partial charge is 0.385 e. The summed E-state index contributed by atoms with van der Waals surface area (Å²) >= 11 is 6.13. The zero-order chi connectivity index (χ0) is 10.1. The van der Waals surface area contributed by atoms with E-state index >= 15 is 0 Å². The van der Waals surface area contributed by atoms with Crippen LogP contribution in [0.2, 0.25) is 0 Å². The first kappa shape index (κ1) is 13.2. The van der Waals surface area contributed by atoms with Gasteiger partial charge in [-0.05, 0) is 31.6 Å². The zero-order valence-corrected chi connectivity index (χ0v) is 9.94. The Kier molecular flexibility index (Phi) is 9.00. The van der Waals surface area contributed by atoms with Gasteiger partial charge in [0.1, 0.15) is 0 Å². The predicted octanol–water partition coefficient (Wildman–Crippen LogP) is 3.85. The van der Waals surface area contributed by atoms with Gasteiger partial charge in [0.05, 0.1) is 0 Å². The second kappa shape index (κ2) is 8.83. The molecule has 0 saturated carbocycles. The molecule has 0 fully saturated rings. The van der Waals surface area contributed by atoms with Gasteiger partial charge in [0.15, 0.2) is 0 Å². The molecular weight excluding hydrogens is 184 g/mol. The fourth-order valence-electron chi connectivity index (χ4n) is 1.39. The van der Waals surface area contributed by atoms with E-state index in [1.807, 2.05) is 0 Å². The number of methoxy groups -OCH3 is 1. The lowest BCUT2D eigenvalue weighted by molar-refractivity contribution is 0.177. The molecule has 0 N–H and O–H groups in total. The van der Waals surface area contributed by atoms with Crippen LogP contribution in [0, 0.1) is 5.92 Å². The van der Waals surface area contributed by atoms with Gasteiger partial charge in [-0.1, -0.05) is 20.3 Å². The average Bonchev–Trinajstić information content (AvgIpc) is 2.12. The third-order valence-electron chi connectivity index (χ3n) is 2.39. The van der Waals surface area contributed by atoms with Gasteiger partial charge in [-0.15, -0.1) is 11.6 Å². The summed E-state index contributed by atoms with van der Waals surface area (Å²) in [6.45, 7) is 5.33. The van der Waals surface area contributed by atoms with Crippen molar-refractivity contribution in [1.82, 2.24) is 0 Å². The van der Waals surface area contributed by atoms with E-state index < -0.39 is 0 Å². The smallest absolute Gasteiger partial charge is 0.0464 e. The van der Waals surface area contributed by atoms with Crippen LogP contribution in [0.3, 0.4) is 0 Å². The van der Waals surface area contributed by atoms with Gasteiger partial charge in [-0.3, -0.25) is 0 Å². The molecule has 0 amide bonds. The molecular formula is C11H23ClO. The maximum Gasteiger partial charge on any atom is 0.0464 e. The van der Waals surface area contributed by atoms with Crippen LogP contribution in [-0.2, 0) is 4.74 Å². The maximum atomic E-state index is 6.13. The Bertz CT molecular complexity index is 106. The Balaban J connectivity index is 3.29. The molecule has 13 heavy (non-hydrogen) atoms. The Hall–Kier alpha value is 0.250. The lowest BCUT2D eigenvalue weighted by Gasteiger charge is -2.13. The third-order valence-corrected chi connectivity index (χ3v) is 2.83. The first-order valence-electron chi connectivity index (χ1n) is 5.33. The summed E-state index contributed by atoms with van der Waals surface area (Å²) in [5.41, 5.74) is 0. The molecule has 1 nitrogen and oxygen atoms in total. The standard InChI is InChI=1S/C11H23ClO/c1-4-5-11(12)7-6-10(2)8-9-13-3/h10-11H,4-9H2,1-3H3. The minimum absolute atomic E-state index is 0.384. The minimum atomic E-state index is 0.384. The van der Waals surface area contributed by atoms with Crippen molar-refractivity contribution in [3.05, 3.63) is 0 Å². The van der Waals surface area contributed by atoms with Gasteiger partial charge in [0.25, 0.3) is 0 Å². The fourth-order valence-corrected chi connectivity index (χ4v) is 1.73. The van der Waals surface area contributed by atoms with E-state index in [0.29, 0.717) is 5.38 Å². The zero-order valence-electron chi connectivity index (χ0n) is 9.18. The highest BCUT2D eigenvalue weighted by atomic mass is 35.5. The lowest BCUT2D eigenvalue weighted by Crippen LogP contribution is -2.04. The Labute approximate surface area is 87.8 Å². The normalized spacial score (nSPS) is 15.7. The van der Waals surface area contributed by atoms with Crippen molar-refractivity contribution in [3.63, 3.8) is 0 Å². The van der Waals surface area contributed by atoms with E-state index in [0.717, 1.165) is 31.8 Å². The first-order chi connectivity index (χ1) is 6.20. The molecule has 0 aliphatic heterocycles. The summed E-state index contributed by atoms with van der Waals surface area (Å²) in [5, 5.41) is 0.384. The van der Waals surface area contributed by atoms with Crippen molar-refractivity contribution in [3.8, 4) is 0 Å². The van der Waals surface area contributed by atoms with E-state index in [1.165, 1.54) is 12.8 Å². The molecule has 0 bridgehead atoms. The van der Waals surface area contributed by atoms with Gasteiger partial charge in [-0.25, -0.2) is 0 Å². The number of rotatable bonds is 8. The summed E-state index contributed by atoms with van der Waals surface area (Å²) in [7, 11) is 1.76. The maximum absolute atomic E-state index is 6.13. The molecule has 0 aromatic carbocycles. The molecule has 0 spiro atoms. The van der Waals surface area contributed by atoms with Gasteiger partial charge in [0, 0.05) is 19.1 Å². The molecule has 0 aromatic rings. The van der Waals surface area contributed by atoms with Gasteiger partial charge < -0.3 is 4.74 Å². The molecule has 0 aromatic heterocycles. The van der Waals surface area contributed by atoms with Crippen molar-refractivity contribution in [2.45, 2.75) is 51.3 Å². The van der Waals surface area contributed by atoms with Crippen molar-refractivity contribution in [2.24, 2.45) is 5.92 Å². The van der Waals surface area contributed by atoms with E-state index in [4.69, 9.17) is 16.3 Å². The summed E-state index contributed by atoms with van der Waals surface area (Å²) in [6.07, 6.45) is 5.89. The van der Waals surface area contributed by atoms with Crippen LogP contribution in [0.5, 0.6) is 0 Å². The first-order valence-corrected chi connectivity index (χ1v) is 5.77. The molecule has 80 valence electrons. The molecule has 0 radical (unpaired) electrons. The highest BCUT2D eigenvalue weighted by Crippen LogP contribution is 2.17. The van der Waals surface area contributed by atoms with E-state index in [2.05, 4.69) is 13.8 Å². The van der Waals surface area contributed by atoms with E-state index in [9.17, 15) is 0 Å². The molecule has 2 unspecified atom stereocenters. The quantitative estimate of drug-likeness (QED) is 0.549. The van der Waals surface area contributed by atoms with Crippen LogP contribution in [0.1, 0.15) is 46.0 Å². The Morgan fingerprint density at radius 3 is 2.38 bits per heavy atom. The molecule has 2 atom stereocenters. The molecule has 2 heteroatoms. The summed E-state index contributed by atoms with van der Waals surface area (Å²) in [4.78, 5) is 0. The van der Waals surface area contributed by atoms with Crippen LogP contribution < -0.4 is 0 Å². The topological polar surface area (TPSA) is 9.23 Å². The number of hydrogen-bond donors (Lipinski definition) is 0. The Morgan fingerprint density at radius 1 is 1.15 bits per heavy atom. The van der Waals surface area contributed by atoms with E-state index in [1.54, 1.807) is 7.11 Å². The third kappa shape index (κ3) is 8.58. The number of hydrogen-bond acceptors (Lipinski definition) is 1. The molecule has 0 heterocycles. The van der Waals surface area contributed by atoms with E-state index in [-0.39, 0.29) is 0 Å². The monoisotopic (exact) mass is 206 g/mol. The SMILES string of the molecule is CCCC(Cl)CCC(C)CCOC. The van der Waals surface area contributed by atoms with Crippen molar-refractivity contribution in [2.75, 3.05) is 13.7 Å². The lowest BCUT2D eigenvalue weighted by atomic mass is 10.00. The van der Waals surface area contributed by atoms with Crippen LogP contribution in [0.4, 0.5) is 0 Å². The second-order valence-corrected chi connectivity index (χ2v) is 4.47. The van der Waals surface area contributed by atoms with Gasteiger partial charge in [0.2, 0.25) is 0 Å². The van der Waals surface area contributed by atoms with Crippen LogP contribution in [0.15, 0.2) is 0 Å². The van der Waals surface area contributed by atoms with Crippen molar-refractivity contribution >= 4 is 11.6 Å². The predicted molar refractivity (Wildman–Crippen MR) is 59.4 cm³/mol. The molecule has 0 saturated heterocycles. The van der Waals surface area contributed by atoms with Crippen LogP contribution in [-0.4, -0.2) is 19.1 Å². The summed E-state index contributed by atoms with van der Waals surface area (Å²) in [6, 6.07) is 0. The number of halogens is 1. The highest BCUT2D eigenvalue weighted by Gasteiger charge is 2.07. The number of alkyl halides is 1.